The highest BCUT2D eigenvalue weighted by Gasteiger charge is 2.23. The summed E-state index contributed by atoms with van der Waals surface area (Å²) in [6.07, 6.45) is 6.22. The van der Waals surface area contributed by atoms with E-state index < -0.39 is 5.82 Å². The molecule has 1 fully saturated rings. The van der Waals surface area contributed by atoms with Gasteiger partial charge in [0.2, 0.25) is 11.7 Å². The first-order valence-electron chi connectivity index (χ1n) is 8.12. The van der Waals surface area contributed by atoms with Crippen LogP contribution < -0.4 is 4.74 Å². The SMILES string of the molecule is Fc1cccnc1OC1CCN(Cc2nc(-c3ccoc3)no2)CC1. The van der Waals surface area contributed by atoms with E-state index in [1.165, 1.54) is 12.3 Å². The monoisotopic (exact) mass is 344 g/mol. The highest BCUT2D eigenvalue weighted by atomic mass is 19.1. The summed E-state index contributed by atoms with van der Waals surface area (Å²) < 4.78 is 29.6. The third-order valence-electron chi connectivity index (χ3n) is 4.14. The average Bonchev–Trinajstić information content (AvgIpc) is 3.30. The normalized spacial score (nSPS) is 16.2. The summed E-state index contributed by atoms with van der Waals surface area (Å²) in [6, 6.07) is 4.69. The molecule has 25 heavy (non-hydrogen) atoms. The molecule has 0 aliphatic carbocycles. The summed E-state index contributed by atoms with van der Waals surface area (Å²) in [6.45, 7) is 2.20. The van der Waals surface area contributed by atoms with Gasteiger partial charge in [0.05, 0.1) is 18.4 Å². The van der Waals surface area contributed by atoms with Crippen molar-refractivity contribution in [3.63, 3.8) is 0 Å². The van der Waals surface area contributed by atoms with Gasteiger partial charge in [0.25, 0.3) is 5.88 Å². The Bertz CT molecular complexity index is 813. The minimum Gasteiger partial charge on any atom is -0.472 e. The van der Waals surface area contributed by atoms with E-state index in [-0.39, 0.29) is 12.0 Å². The summed E-state index contributed by atoms with van der Waals surface area (Å²) in [5.41, 5.74) is 0.791. The predicted molar refractivity (Wildman–Crippen MR) is 85.1 cm³/mol. The van der Waals surface area contributed by atoms with Gasteiger partial charge < -0.3 is 13.7 Å². The summed E-state index contributed by atoms with van der Waals surface area (Å²) in [7, 11) is 0. The number of rotatable bonds is 5. The molecule has 4 rings (SSSR count). The predicted octanol–water partition coefficient (Wildman–Crippen LogP) is 2.91. The molecular weight excluding hydrogens is 327 g/mol. The smallest absolute Gasteiger partial charge is 0.250 e. The number of aromatic nitrogens is 3. The number of ether oxygens (including phenoxy) is 1. The van der Waals surface area contributed by atoms with E-state index in [0.29, 0.717) is 18.3 Å². The topological polar surface area (TPSA) is 77.4 Å². The van der Waals surface area contributed by atoms with Gasteiger partial charge in [-0.3, -0.25) is 4.90 Å². The molecule has 0 spiro atoms. The minimum atomic E-state index is -0.428. The zero-order valence-corrected chi connectivity index (χ0v) is 13.5. The van der Waals surface area contributed by atoms with Crippen LogP contribution in [-0.2, 0) is 6.54 Å². The Morgan fingerprint density at radius 1 is 1.28 bits per heavy atom. The molecule has 0 amide bonds. The van der Waals surface area contributed by atoms with Crippen molar-refractivity contribution >= 4 is 0 Å². The second kappa shape index (κ2) is 7.02. The van der Waals surface area contributed by atoms with E-state index in [9.17, 15) is 4.39 Å². The van der Waals surface area contributed by atoms with Crippen LogP contribution in [0.4, 0.5) is 4.39 Å². The van der Waals surface area contributed by atoms with Crippen LogP contribution in [0.1, 0.15) is 18.7 Å². The number of piperidine rings is 1. The van der Waals surface area contributed by atoms with Crippen LogP contribution in [0.2, 0.25) is 0 Å². The molecule has 1 aliphatic heterocycles. The fourth-order valence-electron chi connectivity index (χ4n) is 2.82. The van der Waals surface area contributed by atoms with Crippen LogP contribution in [-0.4, -0.2) is 39.2 Å². The molecule has 1 aliphatic rings. The van der Waals surface area contributed by atoms with Crippen molar-refractivity contribution in [2.24, 2.45) is 0 Å². The van der Waals surface area contributed by atoms with E-state index in [1.54, 1.807) is 24.7 Å². The maximum absolute atomic E-state index is 13.6. The molecule has 130 valence electrons. The number of nitrogens with zero attached hydrogens (tertiary/aromatic N) is 4. The Hall–Kier alpha value is -2.74. The largest absolute Gasteiger partial charge is 0.472 e. The lowest BCUT2D eigenvalue weighted by molar-refractivity contribution is 0.0839. The second-order valence-corrected chi connectivity index (χ2v) is 5.91. The van der Waals surface area contributed by atoms with Gasteiger partial charge in [-0.05, 0) is 31.0 Å². The van der Waals surface area contributed by atoms with Gasteiger partial charge >= 0.3 is 0 Å². The summed E-state index contributed by atoms with van der Waals surface area (Å²) >= 11 is 0. The lowest BCUT2D eigenvalue weighted by atomic mass is 10.1. The van der Waals surface area contributed by atoms with Crippen molar-refractivity contribution in [3.8, 4) is 17.3 Å². The molecule has 8 heteroatoms. The number of furan rings is 1. The van der Waals surface area contributed by atoms with E-state index in [1.807, 2.05) is 0 Å². The molecule has 0 unspecified atom stereocenters. The van der Waals surface area contributed by atoms with Crippen molar-refractivity contribution in [1.29, 1.82) is 0 Å². The molecule has 1 saturated heterocycles. The lowest BCUT2D eigenvalue weighted by Gasteiger charge is -2.30. The zero-order valence-electron chi connectivity index (χ0n) is 13.5. The van der Waals surface area contributed by atoms with Crippen LogP contribution in [0, 0.1) is 5.82 Å². The third kappa shape index (κ3) is 3.69. The Kier molecular flexibility index (Phi) is 4.43. The Balaban J connectivity index is 1.30. The van der Waals surface area contributed by atoms with Crippen molar-refractivity contribution in [2.75, 3.05) is 13.1 Å². The van der Waals surface area contributed by atoms with Crippen molar-refractivity contribution in [1.82, 2.24) is 20.0 Å². The van der Waals surface area contributed by atoms with Crippen LogP contribution in [0.3, 0.4) is 0 Å². The molecule has 0 bridgehead atoms. The summed E-state index contributed by atoms with van der Waals surface area (Å²) in [5.74, 6) is 0.726. The van der Waals surface area contributed by atoms with Crippen LogP contribution >= 0.6 is 0 Å². The number of pyridine rings is 1. The molecular formula is C17H17FN4O3. The first-order valence-corrected chi connectivity index (χ1v) is 8.12. The molecule has 0 saturated carbocycles. The van der Waals surface area contributed by atoms with Gasteiger partial charge in [-0.25, -0.2) is 9.37 Å². The number of hydrogen-bond donors (Lipinski definition) is 0. The van der Waals surface area contributed by atoms with Gasteiger partial charge in [-0.15, -0.1) is 0 Å². The molecule has 0 radical (unpaired) electrons. The maximum atomic E-state index is 13.6. The lowest BCUT2D eigenvalue weighted by Crippen LogP contribution is -2.38. The Morgan fingerprint density at radius 2 is 2.16 bits per heavy atom. The minimum absolute atomic E-state index is 0.0372. The highest BCUT2D eigenvalue weighted by Crippen LogP contribution is 2.21. The second-order valence-electron chi connectivity index (χ2n) is 5.91. The molecule has 4 heterocycles. The Labute approximate surface area is 143 Å². The standard InChI is InChI=1S/C17H17FN4O3/c18-14-2-1-6-19-17(14)24-13-3-7-22(8-4-13)10-15-20-16(21-25-15)12-5-9-23-11-12/h1-2,5-6,9,11,13H,3-4,7-8,10H2. The van der Waals surface area contributed by atoms with Gasteiger partial charge in [-0.1, -0.05) is 5.16 Å². The quantitative estimate of drug-likeness (QED) is 0.704. The van der Waals surface area contributed by atoms with Gasteiger partial charge in [0, 0.05) is 19.3 Å². The number of halogens is 1. The van der Waals surface area contributed by atoms with E-state index in [4.69, 9.17) is 13.7 Å². The van der Waals surface area contributed by atoms with E-state index in [2.05, 4.69) is 20.0 Å². The van der Waals surface area contributed by atoms with Gasteiger partial charge in [-0.2, -0.15) is 4.98 Å². The third-order valence-corrected chi connectivity index (χ3v) is 4.14. The number of likely N-dealkylation sites (tertiary alicyclic amines) is 1. The van der Waals surface area contributed by atoms with E-state index >= 15 is 0 Å². The first kappa shape index (κ1) is 15.8. The number of hydrogen-bond acceptors (Lipinski definition) is 7. The van der Waals surface area contributed by atoms with Crippen molar-refractivity contribution < 1.29 is 18.1 Å². The highest BCUT2D eigenvalue weighted by molar-refractivity contribution is 5.51. The van der Waals surface area contributed by atoms with E-state index in [0.717, 1.165) is 31.5 Å². The molecule has 3 aromatic rings. The fraction of sp³-hybridized carbons (Fsp3) is 0.353. The molecule has 3 aromatic heterocycles. The summed E-state index contributed by atoms with van der Waals surface area (Å²) in [5, 5.41) is 3.96. The van der Waals surface area contributed by atoms with Gasteiger partial charge in [0.1, 0.15) is 12.4 Å². The fourth-order valence-corrected chi connectivity index (χ4v) is 2.82. The molecule has 0 N–H and O–H groups in total. The zero-order chi connectivity index (χ0) is 17.1. The van der Waals surface area contributed by atoms with Crippen molar-refractivity contribution in [2.45, 2.75) is 25.5 Å². The Morgan fingerprint density at radius 3 is 2.92 bits per heavy atom. The van der Waals surface area contributed by atoms with Crippen molar-refractivity contribution in [3.05, 3.63) is 48.6 Å². The summed E-state index contributed by atoms with van der Waals surface area (Å²) in [4.78, 5) is 10.5. The van der Waals surface area contributed by atoms with Crippen LogP contribution in [0.5, 0.6) is 5.88 Å². The van der Waals surface area contributed by atoms with Crippen LogP contribution in [0.15, 0.2) is 45.9 Å². The molecule has 0 aromatic carbocycles. The first-order chi connectivity index (χ1) is 12.3. The maximum Gasteiger partial charge on any atom is 0.250 e. The average molecular weight is 344 g/mol. The molecule has 0 atom stereocenters. The van der Waals surface area contributed by atoms with Gasteiger partial charge in [0.15, 0.2) is 5.82 Å². The van der Waals surface area contributed by atoms with Crippen LogP contribution in [0.25, 0.3) is 11.4 Å². The molecule has 7 nitrogen and oxygen atoms in total.